The Bertz CT molecular complexity index is 192. The Hall–Kier alpha value is -0.640. The molecule has 2 N–H and O–H groups in total. The molecule has 0 aromatic heterocycles. The van der Waals surface area contributed by atoms with Crippen molar-refractivity contribution in [2.75, 3.05) is 0 Å². The molecule has 0 fully saturated rings. The van der Waals surface area contributed by atoms with Gasteiger partial charge >= 0.3 is 0 Å². The number of aliphatic imine (C=N–C) groups is 1. The first kappa shape index (κ1) is 6.48. The fourth-order valence-electron chi connectivity index (χ4n) is 0.516. The van der Waals surface area contributed by atoms with E-state index in [1.165, 1.54) is 0 Å². The molecule has 0 amide bonds. The van der Waals surface area contributed by atoms with Crippen molar-refractivity contribution in [2.45, 2.75) is 6.42 Å². The van der Waals surface area contributed by atoms with Crippen LogP contribution in [0.1, 0.15) is 6.42 Å². The van der Waals surface area contributed by atoms with E-state index in [-0.39, 0.29) is 0 Å². The van der Waals surface area contributed by atoms with Gasteiger partial charge in [-0.05, 0) is 15.9 Å². The van der Waals surface area contributed by atoms with Crippen molar-refractivity contribution in [3.8, 4) is 0 Å². The first-order valence-corrected chi connectivity index (χ1v) is 3.28. The van der Waals surface area contributed by atoms with Crippen LogP contribution in [0.3, 0.4) is 0 Å². The molecule has 0 bridgehead atoms. The Balaban J connectivity index is 2.70. The molecule has 48 valence electrons. The maximum absolute atomic E-state index is 4.98. The van der Waals surface area contributed by atoms with Gasteiger partial charge in [0.1, 0.15) is 0 Å². The third-order valence-electron chi connectivity index (χ3n) is 0.966. The molecule has 4 heteroatoms. The fourth-order valence-corrected chi connectivity index (χ4v) is 0.781. The van der Waals surface area contributed by atoms with Crippen molar-refractivity contribution in [2.24, 2.45) is 15.9 Å². The second-order valence-electron chi connectivity index (χ2n) is 1.60. The van der Waals surface area contributed by atoms with Crippen LogP contribution >= 0.6 is 15.9 Å². The molecule has 0 aromatic carbocycles. The highest BCUT2D eigenvalue weighted by atomic mass is 79.9. The van der Waals surface area contributed by atoms with E-state index in [4.69, 9.17) is 5.84 Å². The van der Waals surface area contributed by atoms with Gasteiger partial charge in [0.2, 0.25) is 0 Å². The Morgan fingerprint density at radius 1 is 1.78 bits per heavy atom. The van der Waals surface area contributed by atoms with E-state index in [0.29, 0.717) is 12.3 Å². The van der Waals surface area contributed by atoms with Gasteiger partial charge in [-0.2, -0.15) is 5.10 Å². The molecule has 1 aliphatic rings. The van der Waals surface area contributed by atoms with Crippen molar-refractivity contribution >= 4 is 28.0 Å². The summed E-state index contributed by atoms with van der Waals surface area (Å²) in [6.07, 6.45) is 4.35. The lowest BCUT2D eigenvalue weighted by atomic mass is 10.3. The van der Waals surface area contributed by atoms with Crippen LogP contribution in [0.5, 0.6) is 0 Å². The van der Waals surface area contributed by atoms with Crippen LogP contribution in [0.2, 0.25) is 0 Å². The molecule has 1 rings (SSSR count). The minimum atomic E-state index is 0.665. The van der Waals surface area contributed by atoms with E-state index < -0.39 is 0 Å². The van der Waals surface area contributed by atoms with E-state index in [1.807, 2.05) is 6.08 Å². The minimum absolute atomic E-state index is 0.665. The molecule has 3 nitrogen and oxygen atoms in total. The lowest BCUT2D eigenvalue weighted by molar-refractivity contribution is 1.19. The summed E-state index contributed by atoms with van der Waals surface area (Å²) in [7, 11) is 0. The Morgan fingerprint density at radius 3 is 3.00 bits per heavy atom. The smallest absolute Gasteiger partial charge is 0.151 e. The third-order valence-corrected chi connectivity index (χ3v) is 1.49. The van der Waals surface area contributed by atoms with E-state index >= 15 is 0 Å². The van der Waals surface area contributed by atoms with Gasteiger partial charge in [-0.3, -0.25) is 0 Å². The van der Waals surface area contributed by atoms with Crippen LogP contribution in [0.15, 0.2) is 20.7 Å². The quantitative estimate of drug-likeness (QED) is 0.447. The zero-order chi connectivity index (χ0) is 6.69. The molecule has 9 heavy (non-hydrogen) atoms. The zero-order valence-electron chi connectivity index (χ0n) is 4.71. The molecule has 1 aliphatic heterocycles. The van der Waals surface area contributed by atoms with E-state index in [0.717, 1.165) is 4.48 Å². The van der Waals surface area contributed by atoms with Gasteiger partial charge in [0.25, 0.3) is 0 Å². The van der Waals surface area contributed by atoms with Gasteiger partial charge in [0, 0.05) is 17.1 Å². The largest absolute Gasteiger partial charge is 0.322 e. The summed E-state index contributed by atoms with van der Waals surface area (Å²) in [6.45, 7) is 0. The van der Waals surface area contributed by atoms with Crippen LogP contribution in [0.4, 0.5) is 0 Å². The molecule has 0 atom stereocenters. The molecule has 0 radical (unpaired) electrons. The van der Waals surface area contributed by atoms with Crippen molar-refractivity contribution in [3.63, 3.8) is 0 Å². The second kappa shape index (κ2) is 2.77. The molecule has 0 saturated carbocycles. The maximum atomic E-state index is 4.98. The normalized spacial score (nSPS) is 22.3. The van der Waals surface area contributed by atoms with Crippen LogP contribution in [0.25, 0.3) is 0 Å². The van der Waals surface area contributed by atoms with Gasteiger partial charge in [-0.25, -0.2) is 4.99 Å². The van der Waals surface area contributed by atoms with E-state index in [2.05, 4.69) is 26.0 Å². The highest BCUT2D eigenvalue weighted by Gasteiger charge is 1.98. The molecule has 0 saturated heterocycles. The summed E-state index contributed by atoms with van der Waals surface area (Å²) in [6, 6.07) is 0. The second-order valence-corrected chi connectivity index (χ2v) is 2.51. The monoisotopic (exact) mass is 187 g/mol. The molecule has 0 unspecified atom stereocenters. The lowest BCUT2D eigenvalue weighted by Crippen LogP contribution is -2.01. The topological polar surface area (TPSA) is 50.7 Å². The highest BCUT2D eigenvalue weighted by Crippen LogP contribution is 2.08. The lowest BCUT2D eigenvalue weighted by Gasteiger charge is -1.99. The van der Waals surface area contributed by atoms with Crippen LogP contribution in [0, 0.1) is 0 Å². The van der Waals surface area contributed by atoms with Crippen molar-refractivity contribution in [3.05, 3.63) is 10.6 Å². The van der Waals surface area contributed by atoms with Gasteiger partial charge < -0.3 is 5.84 Å². The number of hydrogen-bond acceptors (Lipinski definition) is 2. The average molecular weight is 188 g/mol. The molecular weight excluding hydrogens is 182 g/mol. The number of nitrogens with zero attached hydrogens (tertiary/aromatic N) is 2. The summed E-state index contributed by atoms with van der Waals surface area (Å²) in [5.74, 6) is 5.64. The van der Waals surface area contributed by atoms with E-state index in [9.17, 15) is 0 Å². The van der Waals surface area contributed by atoms with Crippen molar-refractivity contribution in [1.82, 2.24) is 0 Å². The Kier molecular flexibility index (Phi) is 2.00. The zero-order valence-corrected chi connectivity index (χ0v) is 6.30. The van der Waals surface area contributed by atoms with Crippen LogP contribution < -0.4 is 5.84 Å². The molecule has 0 aliphatic carbocycles. The fraction of sp³-hybridized carbons (Fsp3) is 0.200. The number of dihydropyridines is 1. The van der Waals surface area contributed by atoms with Gasteiger partial charge in [-0.15, -0.1) is 0 Å². The van der Waals surface area contributed by atoms with Crippen LogP contribution in [-0.2, 0) is 0 Å². The SMILES string of the molecule is NN=C1CC=C(Br)C=N1. The Morgan fingerprint density at radius 2 is 2.56 bits per heavy atom. The van der Waals surface area contributed by atoms with Crippen LogP contribution in [-0.4, -0.2) is 12.1 Å². The van der Waals surface area contributed by atoms with E-state index in [1.54, 1.807) is 6.21 Å². The predicted octanol–water partition coefficient (Wildman–Crippen LogP) is 1.01. The number of hydrazone groups is 1. The average Bonchev–Trinajstić information content (AvgIpc) is 1.90. The number of rotatable bonds is 0. The standard InChI is InChI=1S/C5H6BrN3/c6-4-1-2-5(9-7)8-3-4/h1,3H,2,7H2. The summed E-state index contributed by atoms with van der Waals surface area (Å²) in [5.41, 5.74) is 0. The number of hydrogen-bond donors (Lipinski definition) is 1. The maximum Gasteiger partial charge on any atom is 0.151 e. The first-order valence-electron chi connectivity index (χ1n) is 2.49. The minimum Gasteiger partial charge on any atom is -0.322 e. The van der Waals surface area contributed by atoms with Crippen molar-refractivity contribution in [1.29, 1.82) is 0 Å². The number of allylic oxidation sites excluding steroid dienone is 1. The third kappa shape index (κ3) is 1.64. The molecule has 1 heterocycles. The first-order chi connectivity index (χ1) is 4.33. The summed E-state index contributed by atoms with van der Waals surface area (Å²) < 4.78 is 0.981. The summed E-state index contributed by atoms with van der Waals surface area (Å²) >= 11 is 3.26. The molecule has 0 aromatic rings. The predicted molar refractivity (Wildman–Crippen MR) is 41.7 cm³/mol. The molecule has 0 spiro atoms. The van der Waals surface area contributed by atoms with Gasteiger partial charge in [0.05, 0.1) is 0 Å². The number of halogens is 1. The number of amidine groups is 1. The van der Waals surface area contributed by atoms with Gasteiger partial charge in [0.15, 0.2) is 5.84 Å². The summed E-state index contributed by atoms with van der Waals surface area (Å²) in [4.78, 5) is 3.91. The van der Waals surface area contributed by atoms with Crippen molar-refractivity contribution < 1.29 is 0 Å². The Labute approximate surface area is 61.5 Å². The molecular formula is C5H6BrN3. The highest BCUT2D eigenvalue weighted by molar-refractivity contribution is 9.12. The van der Waals surface area contributed by atoms with Gasteiger partial charge in [-0.1, -0.05) is 6.08 Å². The number of nitrogens with two attached hydrogens (primary N) is 1. The summed E-state index contributed by atoms with van der Waals surface area (Å²) in [5, 5.41) is 3.44.